The molecule has 1 fully saturated rings. The zero-order valence-corrected chi connectivity index (χ0v) is 14.0. The molecule has 6 heteroatoms. The molecule has 6 nitrogen and oxygen atoms in total. The van der Waals surface area contributed by atoms with Crippen LogP contribution in [0.5, 0.6) is 0 Å². The third-order valence-corrected chi connectivity index (χ3v) is 4.68. The normalized spacial score (nSPS) is 17.1. The Morgan fingerprint density at radius 1 is 1.12 bits per heavy atom. The summed E-state index contributed by atoms with van der Waals surface area (Å²) in [5.41, 5.74) is 2.04. The predicted molar refractivity (Wildman–Crippen MR) is 95.2 cm³/mol. The van der Waals surface area contributed by atoms with Gasteiger partial charge in [-0.2, -0.15) is 0 Å². The summed E-state index contributed by atoms with van der Waals surface area (Å²) < 4.78 is 1.97. The molecule has 128 valence electrons. The summed E-state index contributed by atoms with van der Waals surface area (Å²) in [7, 11) is 0. The summed E-state index contributed by atoms with van der Waals surface area (Å²) in [5.74, 6) is 0.839. The average Bonchev–Trinajstić information content (AvgIpc) is 3.29. The topological polar surface area (TPSA) is 62.5 Å². The van der Waals surface area contributed by atoms with Gasteiger partial charge in [0.1, 0.15) is 0 Å². The minimum Gasteiger partial charge on any atom is -0.338 e. The van der Waals surface area contributed by atoms with Crippen molar-refractivity contribution in [3.63, 3.8) is 0 Å². The van der Waals surface area contributed by atoms with Crippen LogP contribution in [0.1, 0.15) is 30.3 Å². The van der Waals surface area contributed by atoms with Gasteiger partial charge in [0, 0.05) is 19.3 Å². The number of likely N-dealkylation sites (tertiary alicyclic amines) is 1. The summed E-state index contributed by atoms with van der Waals surface area (Å²) in [4.78, 5) is 14.5. The quantitative estimate of drug-likeness (QED) is 0.797. The molecule has 0 spiro atoms. The molecule has 1 aliphatic heterocycles. The van der Waals surface area contributed by atoms with Crippen LogP contribution in [0.4, 0.5) is 4.79 Å². The fraction of sp³-hybridized carbons (Fsp3) is 0.316. The number of benzene rings is 1. The van der Waals surface area contributed by atoms with Crippen LogP contribution in [0.3, 0.4) is 0 Å². The predicted octanol–water partition coefficient (Wildman–Crippen LogP) is 2.82. The highest BCUT2D eigenvalue weighted by atomic mass is 16.2. The number of aromatic nitrogens is 3. The number of carbonyl (C=O) groups excluding carboxylic acids is 1. The first kappa shape index (κ1) is 15.6. The molecular formula is C19H21N5O. The molecule has 0 bridgehead atoms. The summed E-state index contributed by atoms with van der Waals surface area (Å²) >= 11 is 0. The van der Waals surface area contributed by atoms with Crippen LogP contribution in [0.25, 0.3) is 5.65 Å². The van der Waals surface area contributed by atoms with Crippen LogP contribution in [0.15, 0.2) is 54.7 Å². The molecular weight excluding hydrogens is 314 g/mol. The highest BCUT2D eigenvalue weighted by molar-refractivity contribution is 5.75. The van der Waals surface area contributed by atoms with Gasteiger partial charge in [-0.05, 0) is 37.0 Å². The van der Waals surface area contributed by atoms with E-state index in [4.69, 9.17) is 0 Å². The molecule has 2 amide bonds. The number of amides is 2. The van der Waals surface area contributed by atoms with Crippen molar-refractivity contribution in [1.82, 2.24) is 24.8 Å². The van der Waals surface area contributed by atoms with Crippen molar-refractivity contribution < 1.29 is 4.79 Å². The second-order valence-corrected chi connectivity index (χ2v) is 6.31. The van der Waals surface area contributed by atoms with Gasteiger partial charge in [0.05, 0.1) is 6.04 Å². The first-order valence-electron chi connectivity index (χ1n) is 8.71. The van der Waals surface area contributed by atoms with Crippen LogP contribution in [0.2, 0.25) is 0 Å². The average molecular weight is 335 g/mol. The Balaban J connectivity index is 1.43. The summed E-state index contributed by atoms with van der Waals surface area (Å²) in [6.07, 6.45) is 4.69. The lowest BCUT2D eigenvalue weighted by molar-refractivity contribution is 0.191. The zero-order chi connectivity index (χ0) is 17.1. The largest absolute Gasteiger partial charge is 0.338 e. The third-order valence-electron chi connectivity index (χ3n) is 4.68. The maximum Gasteiger partial charge on any atom is 0.318 e. The minimum absolute atomic E-state index is 0.0193. The van der Waals surface area contributed by atoms with E-state index < -0.39 is 0 Å². The molecule has 0 aliphatic carbocycles. The van der Waals surface area contributed by atoms with Crippen molar-refractivity contribution in [3.05, 3.63) is 66.1 Å². The molecule has 1 saturated heterocycles. The van der Waals surface area contributed by atoms with Crippen molar-refractivity contribution in [3.8, 4) is 0 Å². The second-order valence-electron chi connectivity index (χ2n) is 6.31. The van der Waals surface area contributed by atoms with Gasteiger partial charge in [0.2, 0.25) is 0 Å². The van der Waals surface area contributed by atoms with E-state index in [1.54, 1.807) is 0 Å². The van der Waals surface area contributed by atoms with Crippen molar-refractivity contribution in [2.24, 2.45) is 0 Å². The van der Waals surface area contributed by atoms with Crippen molar-refractivity contribution >= 4 is 11.7 Å². The lowest BCUT2D eigenvalue weighted by atomic mass is 10.1. The van der Waals surface area contributed by atoms with Crippen molar-refractivity contribution in [2.75, 3.05) is 13.1 Å². The molecule has 1 aliphatic rings. The monoisotopic (exact) mass is 335 g/mol. The van der Waals surface area contributed by atoms with Gasteiger partial charge in [0.15, 0.2) is 11.5 Å². The number of urea groups is 1. The Kier molecular flexibility index (Phi) is 4.33. The smallest absolute Gasteiger partial charge is 0.318 e. The Morgan fingerprint density at radius 3 is 2.84 bits per heavy atom. The first-order chi connectivity index (χ1) is 12.3. The fourth-order valence-electron chi connectivity index (χ4n) is 3.43. The molecule has 0 saturated carbocycles. The van der Waals surface area contributed by atoms with Gasteiger partial charge < -0.3 is 10.2 Å². The number of hydrogen-bond donors (Lipinski definition) is 1. The second kappa shape index (κ2) is 6.93. The van der Waals surface area contributed by atoms with Crippen LogP contribution in [0, 0.1) is 0 Å². The van der Waals surface area contributed by atoms with Gasteiger partial charge >= 0.3 is 6.03 Å². The Morgan fingerprint density at radius 2 is 1.96 bits per heavy atom. The standard InChI is InChI=1S/C19H21N5O/c25-19(20-12-11-15-7-2-1-3-8-15)23-14-6-9-16(23)18-22-21-17-10-4-5-13-24(17)18/h1-5,7-8,10,13,16H,6,9,11-12,14H2,(H,20,25)/t16-/m1/s1. The Bertz CT molecular complexity index is 860. The lowest BCUT2D eigenvalue weighted by Crippen LogP contribution is -2.40. The van der Waals surface area contributed by atoms with Gasteiger partial charge in [0.25, 0.3) is 0 Å². The van der Waals surface area contributed by atoms with E-state index in [2.05, 4.69) is 27.6 Å². The molecule has 3 aromatic rings. The van der Waals surface area contributed by atoms with E-state index in [9.17, 15) is 4.79 Å². The highest BCUT2D eigenvalue weighted by Gasteiger charge is 2.33. The molecule has 0 unspecified atom stereocenters. The summed E-state index contributed by atoms with van der Waals surface area (Å²) in [5, 5.41) is 11.6. The lowest BCUT2D eigenvalue weighted by Gasteiger charge is -2.23. The molecule has 1 aromatic carbocycles. The number of fused-ring (bicyclic) bond motifs is 1. The van der Waals surface area contributed by atoms with Crippen molar-refractivity contribution in [1.29, 1.82) is 0 Å². The van der Waals surface area contributed by atoms with E-state index in [-0.39, 0.29) is 12.1 Å². The number of nitrogens with zero attached hydrogens (tertiary/aromatic N) is 4. The molecule has 25 heavy (non-hydrogen) atoms. The summed E-state index contributed by atoms with van der Waals surface area (Å²) in [6.45, 7) is 1.39. The van der Waals surface area contributed by atoms with E-state index in [0.717, 1.165) is 37.3 Å². The van der Waals surface area contributed by atoms with E-state index in [1.165, 1.54) is 5.56 Å². The van der Waals surface area contributed by atoms with Gasteiger partial charge in [-0.1, -0.05) is 36.4 Å². The van der Waals surface area contributed by atoms with Crippen molar-refractivity contribution in [2.45, 2.75) is 25.3 Å². The molecule has 0 radical (unpaired) electrons. The number of pyridine rings is 1. The van der Waals surface area contributed by atoms with Crippen LogP contribution < -0.4 is 5.32 Å². The third kappa shape index (κ3) is 3.20. The minimum atomic E-state index is -0.0221. The van der Waals surface area contributed by atoms with Gasteiger partial charge in [-0.3, -0.25) is 4.40 Å². The Labute approximate surface area is 146 Å². The zero-order valence-electron chi connectivity index (χ0n) is 14.0. The highest BCUT2D eigenvalue weighted by Crippen LogP contribution is 2.30. The van der Waals surface area contributed by atoms with Crippen LogP contribution in [-0.2, 0) is 6.42 Å². The van der Waals surface area contributed by atoms with Gasteiger partial charge in [-0.25, -0.2) is 4.79 Å². The molecule has 2 aromatic heterocycles. The van der Waals surface area contributed by atoms with Gasteiger partial charge in [-0.15, -0.1) is 10.2 Å². The van der Waals surface area contributed by atoms with E-state index in [1.807, 2.05) is 51.9 Å². The van der Waals surface area contributed by atoms with E-state index >= 15 is 0 Å². The molecule has 3 heterocycles. The molecule has 1 atom stereocenters. The number of rotatable bonds is 4. The maximum absolute atomic E-state index is 12.6. The maximum atomic E-state index is 12.6. The number of hydrogen-bond acceptors (Lipinski definition) is 3. The molecule has 1 N–H and O–H groups in total. The number of nitrogens with one attached hydrogen (secondary N) is 1. The Hall–Kier alpha value is -2.89. The first-order valence-corrected chi connectivity index (χ1v) is 8.71. The van der Waals surface area contributed by atoms with Crippen LogP contribution >= 0.6 is 0 Å². The SMILES string of the molecule is O=C(NCCc1ccccc1)N1CCC[C@@H]1c1nnc2ccccn12. The van der Waals surface area contributed by atoms with E-state index in [0.29, 0.717) is 6.54 Å². The summed E-state index contributed by atoms with van der Waals surface area (Å²) in [6, 6.07) is 16.0. The number of carbonyl (C=O) groups is 1. The molecule has 4 rings (SSSR count). The fourth-order valence-corrected chi connectivity index (χ4v) is 3.43. The van der Waals surface area contributed by atoms with Crippen LogP contribution in [-0.4, -0.2) is 38.6 Å².